The van der Waals surface area contributed by atoms with E-state index in [2.05, 4.69) is 20.4 Å². The molecule has 0 aliphatic carbocycles. The third kappa shape index (κ3) is 3.09. The molecule has 0 aliphatic rings. The number of aryl methyl sites for hydroxylation is 1. The van der Waals surface area contributed by atoms with Crippen molar-refractivity contribution in [2.75, 3.05) is 12.4 Å². The number of fused-ring (bicyclic) bond motifs is 1. The summed E-state index contributed by atoms with van der Waals surface area (Å²) in [6, 6.07) is 1.66. The molecule has 1 amide bonds. The molecule has 9 heteroatoms. The highest BCUT2D eigenvalue weighted by molar-refractivity contribution is 7.17. The summed E-state index contributed by atoms with van der Waals surface area (Å²) in [7, 11) is 1.53. The van der Waals surface area contributed by atoms with Gasteiger partial charge in [0.2, 0.25) is 4.96 Å². The van der Waals surface area contributed by atoms with E-state index in [0.717, 1.165) is 15.5 Å². The van der Waals surface area contributed by atoms with E-state index in [-0.39, 0.29) is 0 Å². The maximum Gasteiger partial charge on any atom is 0.412 e. The fraction of sp³-hybridized carbons (Fsp3) is 0.286. The Morgan fingerprint density at radius 3 is 3.00 bits per heavy atom. The van der Waals surface area contributed by atoms with Crippen molar-refractivity contribution in [2.45, 2.75) is 20.0 Å². The highest BCUT2D eigenvalue weighted by Crippen LogP contribution is 2.29. The number of aromatic nitrogens is 4. The van der Waals surface area contributed by atoms with E-state index in [0.29, 0.717) is 11.4 Å². The molecule has 8 nitrogen and oxygen atoms in total. The van der Waals surface area contributed by atoms with Gasteiger partial charge in [-0.15, -0.1) is 0 Å². The van der Waals surface area contributed by atoms with Crippen molar-refractivity contribution < 1.29 is 14.3 Å². The minimum absolute atomic E-state index is 0.415. The van der Waals surface area contributed by atoms with Crippen LogP contribution in [0.5, 0.6) is 5.75 Å². The van der Waals surface area contributed by atoms with Gasteiger partial charge in [-0.25, -0.2) is 14.3 Å². The molecule has 0 spiro atoms. The topological polar surface area (TPSA) is 90.6 Å². The van der Waals surface area contributed by atoms with Crippen molar-refractivity contribution >= 4 is 28.1 Å². The number of hydrogen-bond donors (Lipinski definition) is 1. The highest BCUT2D eigenvalue weighted by Gasteiger charge is 2.19. The first-order valence-corrected chi connectivity index (χ1v) is 7.66. The number of carbonyl (C=O) groups excluding carboxylic acids is 1. The SMILES string of the molecule is COc1cncc(NC(=O)OC(C)c2sc3ncnn3c2C)c1. The number of hydrogen-bond acceptors (Lipinski definition) is 7. The highest BCUT2D eigenvalue weighted by atomic mass is 32.1. The van der Waals surface area contributed by atoms with Crippen LogP contribution in [-0.2, 0) is 4.74 Å². The Morgan fingerprint density at radius 2 is 2.26 bits per heavy atom. The van der Waals surface area contributed by atoms with Crippen LogP contribution in [0, 0.1) is 6.92 Å². The van der Waals surface area contributed by atoms with Crippen LogP contribution in [0.4, 0.5) is 10.5 Å². The molecule has 120 valence electrons. The van der Waals surface area contributed by atoms with Gasteiger partial charge in [0, 0.05) is 6.07 Å². The zero-order chi connectivity index (χ0) is 16.4. The molecule has 23 heavy (non-hydrogen) atoms. The quantitative estimate of drug-likeness (QED) is 0.789. The van der Waals surface area contributed by atoms with E-state index in [9.17, 15) is 4.79 Å². The third-order valence-electron chi connectivity index (χ3n) is 3.24. The molecular formula is C14H15N5O3S. The zero-order valence-electron chi connectivity index (χ0n) is 12.8. The first-order valence-electron chi connectivity index (χ1n) is 6.84. The Morgan fingerprint density at radius 1 is 1.43 bits per heavy atom. The van der Waals surface area contributed by atoms with Gasteiger partial charge < -0.3 is 9.47 Å². The van der Waals surface area contributed by atoms with Gasteiger partial charge in [0.05, 0.1) is 35.8 Å². The first-order chi connectivity index (χ1) is 11.1. The fourth-order valence-electron chi connectivity index (χ4n) is 2.14. The Balaban J connectivity index is 1.69. The van der Waals surface area contributed by atoms with E-state index >= 15 is 0 Å². The molecule has 3 aromatic rings. The van der Waals surface area contributed by atoms with Crippen molar-refractivity contribution in [3.8, 4) is 5.75 Å². The summed E-state index contributed by atoms with van der Waals surface area (Å²) in [6.07, 6.45) is 3.59. The number of methoxy groups -OCH3 is 1. The molecule has 0 aliphatic heterocycles. The van der Waals surface area contributed by atoms with Gasteiger partial charge in [-0.1, -0.05) is 11.3 Å². The van der Waals surface area contributed by atoms with Crippen LogP contribution in [0.3, 0.4) is 0 Å². The van der Waals surface area contributed by atoms with Crippen LogP contribution in [0.25, 0.3) is 4.96 Å². The number of amides is 1. The van der Waals surface area contributed by atoms with E-state index in [1.165, 1.54) is 31.0 Å². The molecular weight excluding hydrogens is 318 g/mol. The van der Waals surface area contributed by atoms with Crippen molar-refractivity contribution in [3.63, 3.8) is 0 Å². The molecule has 0 saturated heterocycles. The number of thiazole rings is 1. The second-order valence-electron chi connectivity index (χ2n) is 4.79. The molecule has 0 aromatic carbocycles. The maximum atomic E-state index is 12.0. The van der Waals surface area contributed by atoms with Crippen molar-refractivity contribution in [1.29, 1.82) is 0 Å². The van der Waals surface area contributed by atoms with Crippen molar-refractivity contribution in [2.24, 2.45) is 0 Å². The van der Waals surface area contributed by atoms with Gasteiger partial charge >= 0.3 is 6.09 Å². The number of rotatable bonds is 4. The van der Waals surface area contributed by atoms with Gasteiger partial charge in [-0.3, -0.25) is 10.3 Å². The summed E-state index contributed by atoms with van der Waals surface area (Å²) in [5, 5.41) is 6.75. The molecule has 0 bridgehead atoms. The second kappa shape index (κ2) is 6.21. The Labute approximate surface area is 136 Å². The summed E-state index contributed by atoms with van der Waals surface area (Å²) in [5.74, 6) is 0.553. The van der Waals surface area contributed by atoms with Gasteiger partial charge in [0.1, 0.15) is 18.2 Å². The molecule has 0 radical (unpaired) electrons. The predicted molar refractivity (Wildman–Crippen MR) is 84.9 cm³/mol. The van der Waals surface area contributed by atoms with Crippen LogP contribution < -0.4 is 10.1 Å². The third-order valence-corrected chi connectivity index (χ3v) is 4.55. The molecule has 0 saturated carbocycles. The number of carbonyl (C=O) groups is 1. The van der Waals surface area contributed by atoms with E-state index in [4.69, 9.17) is 9.47 Å². The number of nitrogens with zero attached hydrogens (tertiary/aromatic N) is 4. The molecule has 1 atom stereocenters. The predicted octanol–water partition coefficient (Wildman–Crippen LogP) is 2.81. The lowest BCUT2D eigenvalue weighted by atomic mass is 10.3. The standard InChI is InChI=1S/C14H15N5O3S/c1-8-12(23-13-16-7-17-19(8)13)9(2)22-14(20)18-10-4-11(21-3)6-15-5-10/h4-7,9H,1-3H3,(H,18,20). The van der Waals surface area contributed by atoms with Crippen LogP contribution in [0.2, 0.25) is 0 Å². The maximum absolute atomic E-state index is 12.0. The summed E-state index contributed by atoms with van der Waals surface area (Å²) < 4.78 is 12.2. The van der Waals surface area contributed by atoms with E-state index < -0.39 is 12.2 Å². The lowest BCUT2D eigenvalue weighted by Gasteiger charge is -2.13. The number of pyridine rings is 1. The zero-order valence-corrected chi connectivity index (χ0v) is 13.6. The fourth-order valence-corrected chi connectivity index (χ4v) is 3.16. The molecule has 1 N–H and O–H groups in total. The summed E-state index contributed by atoms with van der Waals surface area (Å²) >= 11 is 1.45. The van der Waals surface area contributed by atoms with Crippen molar-refractivity contribution in [1.82, 2.24) is 19.6 Å². The normalized spacial score (nSPS) is 12.1. The molecule has 3 aromatic heterocycles. The summed E-state index contributed by atoms with van der Waals surface area (Å²) in [6.45, 7) is 3.72. The van der Waals surface area contributed by atoms with E-state index in [1.807, 2.05) is 13.8 Å². The van der Waals surface area contributed by atoms with Crippen LogP contribution in [-0.4, -0.2) is 32.8 Å². The molecule has 3 heterocycles. The van der Waals surface area contributed by atoms with Crippen LogP contribution >= 0.6 is 11.3 Å². The summed E-state index contributed by atoms with van der Waals surface area (Å²) in [4.78, 5) is 21.8. The van der Waals surface area contributed by atoms with Crippen LogP contribution in [0.15, 0.2) is 24.8 Å². The second-order valence-corrected chi connectivity index (χ2v) is 5.80. The minimum atomic E-state index is -0.564. The summed E-state index contributed by atoms with van der Waals surface area (Å²) in [5.41, 5.74) is 1.41. The number of nitrogens with one attached hydrogen (secondary N) is 1. The van der Waals surface area contributed by atoms with Gasteiger partial charge in [0.25, 0.3) is 0 Å². The minimum Gasteiger partial charge on any atom is -0.495 e. The average Bonchev–Trinajstić information content (AvgIpc) is 3.10. The Hall–Kier alpha value is -2.68. The first kappa shape index (κ1) is 15.2. The Kier molecular flexibility index (Phi) is 4.11. The lowest BCUT2D eigenvalue weighted by molar-refractivity contribution is 0.122. The van der Waals surface area contributed by atoms with Gasteiger partial charge in [-0.05, 0) is 13.8 Å². The average molecular weight is 333 g/mol. The smallest absolute Gasteiger partial charge is 0.412 e. The monoisotopic (exact) mass is 333 g/mol. The largest absolute Gasteiger partial charge is 0.495 e. The van der Waals surface area contributed by atoms with Crippen molar-refractivity contribution in [3.05, 3.63) is 35.4 Å². The van der Waals surface area contributed by atoms with Gasteiger partial charge in [0.15, 0.2) is 0 Å². The number of ether oxygens (including phenoxy) is 2. The van der Waals surface area contributed by atoms with E-state index in [1.54, 1.807) is 16.8 Å². The Bertz CT molecular complexity index is 844. The molecule has 0 fully saturated rings. The van der Waals surface area contributed by atoms with Gasteiger partial charge in [-0.2, -0.15) is 5.10 Å². The van der Waals surface area contributed by atoms with Crippen LogP contribution in [0.1, 0.15) is 23.6 Å². The molecule has 3 rings (SSSR count). The number of anilines is 1. The molecule has 1 unspecified atom stereocenters. The lowest BCUT2D eigenvalue weighted by Crippen LogP contribution is -2.16.